The van der Waals surface area contributed by atoms with Crippen LogP contribution < -0.4 is 5.11 Å². The molecule has 3 aromatic rings. The van der Waals surface area contributed by atoms with Crippen molar-refractivity contribution >= 4 is 52.2 Å². The molecular weight excluding hydrogens is 464 g/mol. The molecule has 7 nitrogen and oxygen atoms in total. The Morgan fingerprint density at radius 1 is 1.21 bits per heavy atom. The number of rotatable bonds is 7. The lowest BCUT2D eigenvalue weighted by molar-refractivity contribution is -0.255. The van der Waals surface area contributed by atoms with Gasteiger partial charge >= 0.3 is 0 Å². The average molecular weight is 482 g/mol. The minimum atomic E-state index is -1.37. The van der Waals surface area contributed by atoms with Crippen molar-refractivity contribution in [1.82, 2.24) is 4.90 Å². The quantitative estimate of drug-likeness (QED) is 0.469. The molecule has 0 spiro atoms. The lowest BCUT2D eigenvalue weighted by Gasteiger charge is -2.14. The average Bonchev–Trinajstić information content (AvgIpc) is 3.38. The van der Waals surface area contributed by atoms with Gasteiger partial charge in [0.05, 0.1) is 29.7 Å². The molecule has 0 atom stereocenters. The van der Waals surface area contributed by atoms with E-state index >= 15 is 0 Å². The molecule has 33 heavy (non-hydrogen) atoms. The summed E-state index contributed by atoms with van der Waals surface area (Å²) >= 11 is 7.16. The van der Waals surface area contributed by atoms with E-state index in [1.54, 1.807) is 36.3 Å². The number of carbonyl (C=O) groups excluding carboxylic acids is 2. The van der Waals surface area contributed by atoms with Crippen molar-refractivity contribution in [3.63, 3.8) is 0 Å². The molecule has 1 aliphatic rings. The summed E-state index contributed by atoms with van der Waals surface area (Å²) in [4.78, 5) is 30.9. The molecule has 0 unspecified atom stereocenters. The maximum atomic E-state index is 13.0. The SMILES string of the molecule is COCCN1C(=O)/C(=C\c2ccc(-c3ccc(Cl)c(C(=O)[O-])c3)o2)SC1=Nc1ccccc1. The van der Waals surface area contributed by atoms with Crippen molar-refractivity contribution in [3.05, 3.63) is 81.9 Å². The highest BCUT2D eigenvalue weighted by Crippen LogP contribution is 2.35. The minimum absolute atomic E-state index is 0.0852. The number of halogens is 1. The van der Waals surface area contributed by atoms with Crippen LogP contribution in [0.25, 0.3) is 17.4 Å². The predicted molar refractivity (Wildman–Crippen MR) is 126 cm³/mol. The fourth-order valence-electron chi connectivity index (χ4n) is 3.13. The summed E-state index contributed by atoms with van der Waals surface area (Å²) in [5.41, 5.74) is 1.15. The first-order valence-corrected chi connectivity index (χ1v) is 11.1. The molecule has 0 aliphatic carbocycles. The zero-order valence-electron chi connectivity index (χ0n) is 17.5. The molecule has 2 heterocycles. The summed E-state index contributed by atoms with van der Waals surface area (Å²) in [6, 6.07) is 17.3. The topological polar surface area (TPSA) is 95.2 Å². The van der Waals surface area contributed by atoms with Gasteiger partial charge in [0.2, 0.25) is 0 Å². The van der Waals surface area contributed by atoms with E-state index in [2.05, 4.69) is 4.99 Å². The van der Waals surface area contributed by atoms with Gasteiger partial charge in [0.15, 0.2) is 5.17 Å². The van der Waals surface area contributed by atoms with E-state index in [1.165, 1.54) is 23.9 Å². The second-order valence-corrected chi connectivity index (χ2v) is 8.39. The molecule has 1 aliphatic heterocycles. The van der Waals surface area contributed by atoms with Gasteiger partial charge in [-0.3, -0.25) is 9.69 Å². The smallest absolute Gasteiger partial charge is 0.266 e. The fraction of sp³-hybridized carbons (Fsp3) is 0.125. The number of carboxylic acid groups (broad SMARTS) is 1. The molecule has 0 saturated carbocycles. The van der Waals surface area contributed by atoms with E-state index in [-0.39, 0.29) is 16.5 Å². The van der Waals surface area contributed by atoms with Gasteiger partial charge in [-0.2, -0.15) is 0 Å². The predicted octanol–water partition coefficient (Wildman–Crippen LogP) is 4.21. The number of carbonyl (C=O) groups is 2. The Kier molecular flexibility index (Phi) is 6.98. The number of aromatic carboxylic acids is 1. The van der Waals surface area contributed by atoms with Crippen LogP contribution in [-0.2, 0) is 9.53 Å². The highest BCUT2D eigenvalue weighted by atomic mass is 35.5. The fourth-order valence-corrected chi connectivity index (χ4v) is 4.33. The van der Waals surface area contributed by atoms with Gasteiger partial charge in [0, 0.05) is 29.3 Å². The zero-order chi connectivity index (χ0) is 23.4. The summed E-state index contributed by atoms with van der Waals surface area (Å²) in [6.07, 6.45) is 1.64. The molecule has 1 saturated heterocycles. The Balaban J connectivity index is 1.62. The third-order valence-corrected chi connectivity index (χ3v) is 6.10. The van der Waals surface area contributed by atoms with Crippen LogP contribution in [0.3, 0.4) is 0 Å². The summed E-state index contributed by atoms with van der Waals surface area (Å²) in [7, 11) is 1.57. The van der Waals surface area contributed by atoms with Gasteiger partial charge in [0.1, 0.15) is 11.5 Å². The number of amides is 1. The van der Waals surface area contributed by atoms with E-state index in [9.17, 15) is 14.7 Å². The Hall–Kier alpha value is -3.33. The number of para-hydroxylation sites is 1. The first-order chi connectivity index (χ1) is 16.0. The lowest BCUT2D eigenvalue weighted by Crippen LogP contribution is -2.32. The number of hydrogen-bond acceptors (Lipinski definition) is 7. The van der Waals surface area contributed by atoms with E-state index in [4.69, 9.17) is 20.8 Å². The first kappa shape index (κ1) is 22.8. The summed E-state index contributed by atoms with van der Waals surface area (Å²) in [5, 5.41) is 11.9. The van der Waals surface area contributed by atoms with Crippen LogP contribution in [0, 0.1) is 0 Å². The van der Waals surface area contributed by atoms with Crippen LogP contribution in [0.2, 0.25) is 5.02 Å². The van der Waals surface area contributed by atoms with Crippen LogP contribution in [0.15, 0.2) is 75.0 Å². The Morgan fingerprint density at radius 2 is 2.00 bits per heavy atom. The number of amidine groups is 1. The van der Waals surface area contributed by atoms with Crippen LogP contribution >= 0.6 is 23.4 Å². The van der Waals surface area contributed by atoms with Gasteiger partial charge in [-0.25, -0.2) is 4.99 Å². The molecule has 1 aromatic heterocycles. The van der Waals surface area contributed by atoms with Gasteiger partial charge in [-0.1, -0.05) is 29.8 Å². The molecule has 0 N–H and O–H groups in total. The second-order valence-electron chi connectivity index (χ2n) is 6.97. The number of carboxylic acids is 1. The zero-order valence-corrected chi connectivity index (χ0v) is 19.1. The van der Waals surface area contributed by atoms with Crippen molar-refractivity contribution in [2.45, 2.75) is 0 Å². The van der Waals surface area contributed by atoms with E-state index in [0.29, 0.717) is 40.3 Å². The Labute approximate surface area is 199 Å². The lowest BCUT2D eigenvalue weighted by atomic mass is 10.1. The van der Waals surface area contributed by atoms with Crippen molar-refractivity contribution in [3.8, 4) is 11.3 Å². The highest BCUT2D eigenvalue weighted by molar-refractivity contribution is 8.18. The normalized spacial score (nSPS) is 16.2. The largest absolute Gasteiger partial charge is 0.545 e. The van der Waals surface area contributed by atoms with Crippen LogP contribution in [-0.4, -0.2) is 42.2 Å². The minimum Gasteiger partial charge on any atom is -0.545 e. The molecular formula is C24H18ClN2O5S-. The monoisotopic (exact) mass is 481 g/mol. The highest BCUT2D eigenvalue weighted by Gasteiger charge is 2.33. The summed E-state index contributed by atoms with van der Waals surface area (Å²) < 4.78 is 11.0. The summed E-state index contributed by atoms with van der Waals surface area (Å²) in [5.74, 6) is -0.690. The van der Waals surface area contributed by atoms with Crippen molar-refractivity contribution in [2.75, 3.05) is 20.3 Å². The van der Waals surface area contributed by atoms with E-state index in [0.717, 1.165) is 5.69 Å². The first-order valence-electron chi connectivity index (χ1n) is 9.91. The third kappa shape index (κ3) is 5.19. The van der Waals surface area contributed by atoms with Gasteiger partial charge in [0.25, 0.3) is 5.91 Å². The number of furan rings is 1. The van der Waals surface area contributed by atoms with Crippen LogP contribution in [0.5, 0.6) is 0 Å². The molecule has 0 radical (unpaired) electrons. The van der Waals surface area contributed by atoms with Crippen LogP contribution in [0.1, 0.15) is 16.1 Å². The number of nitrogens with zero attached hydrogens (tertiary/aromatic N) is 2. The molecule has 9 heteroatoms. The molecule has 1 fully saturated rings. The van der Waals surface area contributed by atoms with E-state index < -0.39 is 5.97 Å². The molecule has 2 aromatic carbocycles. The number of hydrogen-bond donors (Lipinski definition) is 0. The van der Waals surface area contributed by atoms with Crippen molar-refractivity contribution in [2.24, 2.45) is 4.99 Å². The molecule has 168 valence electrons. The molecule has 0 bridgehead atoms. The molecule has 4 rings (SSSR count). The maximum Gasteiger partial charge on any atom is 0.266 e. The number of benzene rings is 2. The van der Waals surface area contributed by atoms with Gasteiger partial charge < -0.3 is 19.1 Å². The van der Waals surface area contributed by atoms with Crippen LogP contribution in [0.4, 0.5) is 5.69 Å². The number of aliphatic imine (C=N–C) groups is 1. The standard InChI is InChI=1S/C24H19ClN2O5S/c1-31-12-11-27-22(28)21(33-24(27)26-16-5-3-2-4-6-16)14-17-8-10-20(32-17)15-7-9-19(25)18(13-15)23(29)30/h2-10,13-14H,11-12H2,1H3,(H,29,30)/p-1/b21-14+,26-24?. The van der Waals surface area contributed by atoms with Crippen molar-refractivity contribution in [1.29, 1.82) is 0 Å². The third-order valence-electron chi connectivity index (χ3n) is 4.76. The van der Waals surface area contributed by atoms with Crippen molar-refractivity contribution < 1.29 is 23.8 Å². The maximum absolute atomic E-state index is 13.0. The Bertz CT molecular complexity index is 1250. The number of ether oxygens (including phenoxy) is 1. The number of methoxy groups -OCH3 is 1. The second kappa shape index (κ2) is 10.1. The molecule has 1 amide bonds. The van der Waals surface area contributed by atoms with Gasteiger partial charge in [-0.15, -0.1) is 0 Å². The number of thioether (sulfide) groups is 1. The van der Waals surface area contributed by atoms with E-state index in [1.807, 2.05) is 30.3 Å². The van der Waals surface area contributed by atoms with Gasteiger partial charge in [-0.05, 0) is 54.2 Å². The Morgan fingerprint density at radius 3 is 2.73 bits per heavy atom. The summed E-state index contributed by atoms with van der Waals surface area (Å²) in [6.45, 7) is 0.737.